The second kappa shape index (κ2) is 10.0. The standard InChI is InChI=1S/C22H26N4.2BrH/c1-23-11-13-25(17-23)15-19-7-3-5-9-21(19)22-10-6-4-8-20(22)16-26-14-12-24(2)18-26;;/h3-14H,15-18H2,1-2H3;2*1H/p-2. The molecule has 150 valence electrons. The lowest BCUT2D eigenvalue weighted by molar-refractivity contribution is -0.00100. The number of halogens is 2. The van der Waals surface area contributed by atoms with E-state index in [1.807, 2.05) is 0 Å². The number of hydrogen-bond donors (Lipinski definition) is 0. The highest BCUT2D eigenvalue weighted by atomic mass is 79.9. The fourth-order valence-electron chi connectivity index (χ4n) is 3.66. The van der Waals surface area contributed by atoms with Gasteiger partial charge >= 0.3 is 0 Å². The molecule has 6 heteroatoms. The van der Waals surface area contributed by atoms with E-state index in [0.29, 0.717) is 0 Å². The van der Waals surface area contributed by atoms with Gasteiger partial charge in [-0.25, -0.2) is 0 Å². The van der Waals surface area contributed by atoms with Crippen LogP contribution in [0.5, 0.6) is 0 Å². The zero-order chi connectivity index (χ0) is 17.9. The summed E-state index contributed by atoms with van der Waals surface area (Å²) in [6.45, 7) is 3.75. The Labute approximate surface area is 189 Å². The van der Waals surface area contributed by atoms with Crippen molar-refractivity contribution in [3.63, 3.8) is 0 Å². The van der Waals surface area contributed by atoms with E-state index in [9.17, 15) is 0 Å². The van der Waals surface area contributed by atoms with Gasteiger partial charge in [0.25, 0.3) is 0 Å². The van der Waals surface area contributed by atoms with Gasteiger partial charge in [-0.05, 0) is 22.3 Å². The maximum absolute atomic E-state index is 2.35. The molecule has 2 aromatic rings. The summed E-state index contributed by atoms with van der Waals surface area (Å²) in [5.74, 6) is 0. The van der Waals surface area contributed by atoms with Crippen LogP contribution < -0.4 is 34.0 Å². The zero-order valence-electron chi connectivity index (χ0n) is 16.3. The van der Waals surface area contributed by atoms with E-state index in [2.05, 4.69) is 107 Å². The molecule has 0 aliphatic carbocycles. The van der Waals surface area contributed by atoms with E-state index in [4.69, 9.17) is 0 Å². The lowest BCUT2D eigenvalue weighted by Gasteiger charge is -2.23. The molecular formula is C22H26Br2N4-2. The highest BCUT2D eigenvalue weighted by molar-refractivity contribution is 5.70. The lowest BCUT2D eigenvalue weighted by Crippen LogP contribution is -3.00. The van der Waals surface area contributed by atoms with Crippen LogP contribution >= 0.6 is 0 Å². The molecule has 0 amide bonds. The molecule has 0 aromatic heterocycles. The second-order valence-electron chi connectivity index (χ2n) is 7.20. The highest BCUT2D eigenvalue weighted by Crippen LogP contribution is 2.30. The van der Waals surface area contributed by atoms with Crippen molar-refractivity contribution in [2.75, 3.05) is 27.4 Å². The van der Waals surface area contributed by atoms with Crippen LogP contribution in [0.15, 0.2) is 73.3 Å². The third-order valence-electron chi connectivity index (χ3n) is 4.95. The van der Waals surface area contributed by atoms with Crippen LogP contribution in [0.2, 0.25) is 0 Å². The van der Waals surface area contributed by atoms with Gasteiger partial charge in [-0.1, -0.05) is 48.5 Å². The van der Waals surface area contributed by atoms with Gasteiger partial charge in [0.1, 0.15) is 0 Å². The third-order valence-corrected chi connectivity index (χ3v) is 4.95. The summed E-state index contributed by atoms with van der Waals surface area (Å²) >= 11 is 0. The molecule has 4 rings (SSSR count). The van der Waals surface area contributed by atoms with Gasteiger partial charge in [-0.2, -0.15) is 0 Å². The first-order valence-electron chi connectivity index (χ1n) is 9.10. The summed E-state index contributed by atoms with van der Waals surface area (Å²) in [4.78, 5) is 9.10. The molecule has 0 N–H and O–H groups in total. The Bertz CT molecular complexity index is 767. The van der Waals surface area contributed by atoms with Crippen molar-refractivity contribution < 1.29 is 34.0 Å². The fourth-order valence-corrected chi connectivity index (χ4v) is 3.66. The number of rotatable bonds is 5. The predicted octanol–water partition coefficient (Wildman–Crippen LogP) is -2.29. The molecule has 0 spiro atoms. The summed E-state index contributed by atoms with van der Waals surface area (Å²) in [6.07, 6.45) is 8.61. The van der Waals surface area contributed by atoms with Crippen molar-refractivity contribution in [3.05, 3.63) is 84.5 Å². The molecule has 0 saturated heterocycles. The summed E-state index contributed by atoms with van der Waals surface area (Å²) in [5.41, 5.74) is 5.41. The Morgan fingerprint density at radius 2 is 1.00 bits per heavy atom. The monoisotopic (exact) mass is 504 g/mol. The predicted molar refractivity (Wildman–Crippen MR) is 107 cm³/mol. The van der Waals surface area contributed by atoms with E-state index in [-0.39, 0.29) is 34.0 Å². The van der Waals surface area contributed by atoms with Crippen LogP contribution in [0.4, 0.5) is 0 Å². The van der Waals surface area contributed by atoms with E-state index >= 15 is 0 Å². The minimum Gasteiger partial charge on any atom is -1.00 e. The van der Waals surface area contributed by atoms with Gasteiger partial charge in [0.2, 0.25) is 0 Å². The summed E-state index contributed by atoms with van der Waals surface area (Å²) < 4.78 is 0. The zero-order valence-corrected chi connectivity index (χ0v) is 19.5. The topological polar surface area (TPSA) is 13.0 Å². The van der Waals surface area contributed by atoms with Gasteiger partial charge in [-0.3, -0.25) is 0 Å². The molecule has 0 atom stereocenters. The van der Waals surface area contributed by atoms with E-state index in [1.165, 1.54) is 22.3 Å². The number of benzene rings is 2. The Morgan fingerprint density at radius 1 is 0.607 bits per heavy atom. The maximum atomic E-state index is 2.35. The van der Waals surface area contributed by atoms with Crippen molar-refractivity contribution in [2.45, 2.75) is 13.1 Å². The largest absolute Gasteiger partial charge is 1.00 e. The molecule has 2 aromatic carbocycles. The summed E-state index contributed by atoms with van der Waals surface area (Å²) in [5, 5.41) is 0. The number of hydrogen-bond acceptors (Lipinski definition) is 4. The fraction of sp³-hybridized carbons (Fsp3) is 0.273. The van der Waals surface area contributed by atoms with Crippen LogP contribution in [0.3, 0.4) is 0 Å². The first-order valence-corrected chi connectivity index (χ1v) is 9.10. The van der Waals surface area contributed by atoms with Gasteiger partial charge in [0, 0.05) is 52.0 Å². The molecule has 28 heavy (non-hydrogen) atoms. The van der Waals surface area contributed by atoms with E-state index in [0.717, 1.165) is 26.4 Å². The molecule has 2 heterocycles. The van der Waals surface area contributed by atoms with Crippen LogP contribution in [-0.4, -0.2) is 47.0 Å². The van der Waals surface area contributed by atoms with Gasteiger partial charge in [0.05, 0.1) is 13.3 Å². The Morgan fingerprint density at radius 3 is 1.36 bits per heavy atom. The average molecular weight is 506 g/mol. The molecule has 0 saturated carbocycles. The van der Waals surface area contributed by atoms with Crippen LogP contribution in [-0.2, 0) is 13.1 Å². The van der Waals surface area contributed by atoms with Gasteiger partial charge < -0.3 is 53.6 Å². The quantitative estimate of drug-likeness (QED) is 0.453. The lowest BCUT2D eigenvalue weighted by atomic mass is 9.95. The van der Waals surface area contributed by atoms with Crippen LogP contribution in [0.1, 0.15) is 11.1 Å². The molecule has 0 unspecified atom stereocenters. The molecule has 0 bridgehead atoms. The maximum Gasteiger partial charge on any atom is 0.0894 e. The average Bonchev–Trinajstić information content (AvgIpc) is 3.24. The molecule has 2 aliphatic heterocycles. The second-order valence-corrected chi connectivity index (χ2v) is 7.20. The van der Waals surface area contributed by atoms with Crippen molar-refractivity contribution in [3.8, 4) is 11.1 Å². The molecule has 0 radical (unpaired) electrons. The van der Waals surface area contributed by atoms with Crippen LogP contribution in [0, 0.1) is 0 Å². The van der Waals surface area contributed by atoms with Crippen LogP contribution in [0.25, 0.3) is 11.1 Å². The SMILES string of the molecule is CN1C=CN(Cc2ccccc2-c2ccccc2CN2C=CN(C)C2)C1.[Br-].[Br-]. The molecule has 0 fully saturated rings. The van der Waals surface area contributed by atoms with Crippen molar-refractivity contribution >= 4 is 0 Å². The molecular weight excluding hydrogens is 480 g/mol. The minimum absolute atomic E-state index is 0. The number of nitrogens with zero attached hydrogens (tertiary/aromatic N) is 4. The van der Waals surface area contributed by atoms with Crippen molar-refractivity contribution in [2.24, 2.45) is 0 Å². The first kappa shape index (κ1) is 22.4. The molecule has 2 aliphatic rings. The Balaban J connectivity index is 0.00000140. The summed E-state index contributed by atoms with van der Waals surface area (Å²) in [7, 11) is 4.22. The summed E-state index contributed by atoms with van der Waals surface area (Å²) in [6, 6.07) is 17.6. The first-order chi connectivity index (χ1) is 12.7. The van der Waals surface area contributed by atoms with E-state index < -0.39 is 0 Å². The Hall–Kier alpha value is -1.92. The van der Waals surface area contributed by atoms with Crippen molar-refractivity contribution in [1.29, 1.82) is 0 Å². The smallest absolute Gasteiger partial charge is 0.0894 e. The van der Waals surface area contributed by atoms with Gasteiger partial charge in [0.15, 0.2) is 0 Å². The van der Waals surface area contributed by atoms with Crippen molar-refractivity contribution in [1.82, 2.24) is 19.6 Å². The normalized spacial score (nSPS) is 15.1. The van der Waals surface area contributed by atoms with E-state index in [1.54, 1.807) is 0 Å². The minimum atomic E-state index is 0. The highest BCUT2D eigenvalue weighted by Gasteiger charge is 2.16. The molecule has 4 nitrogen and oxygen atoms in total. The van der Waals surface area contributed by atoms with Gasteiger partial charge in [-0.15, -0.1) is 0 Å². The third kappa shape index (κ3) is 5.11. The Kier molecular flexibility index (Phi) is 8.01.